The van der Waals surface area contributed by atoms with E-state index in [4.69, 9.17) is 14.2 Å². The minimum Gasteiger partial charge on any atom is -0.493 e. The molecular formula is C25H27N3O4. The summed E-state index contributed by atoms with van der Waals surface area (Å²) in [5.74, 6) is 1.28. The van der Waals surface area contributed by atoms with Gasteiger partial charge in [-0.1, -0.05) is 23.8 Å². The van der Waals surface area contributed by atoms with E-state index in [-0.39, 0.29) is 12.3 Å². The van der Waals surface area contributed by atoms with Crippen molar-refractivity contribution in [3.8, 4) is 17.2 Å². The predicted octanol–water partition coefficient (Wildman–Crippen LogP) is 5.93. The Morgan fingerprint density at radius 3 is 2.03 bits per heavy atom. The summed E-state index contributed by atoms with van der Waals surface area (Å²) < 4.78 is 16.1. The van der Waals surface area contributed by atoms with Crippen LogP contribution in [0.25, 0.3) is 0 Å². The normalized spacial score (nSPS) is 10.8. The Balaban J connectivity index is 1.80. The summed E-state index contributed by atoms with van der Waals surface area (Å²) in [4.78, 5) is 12.8. The van der Waals surface area contributed by atoms with E-state index in [0.717, 1.165) is 22.4 Å². The Bertz CT molecular complexity index is 1100. The third-order valence-corrected chi connectivity index (χ3v) is 4.82. The summed E-state index contributed by atoms with van der Waals surface area (Å²) in [5.41, 5.74) is 4.82. The Morgan fingerprint density at radius 1 is 0.812 bits per heavy atom. The van der Waals surface area contributed by atoms with Crippen LogP contribution in [0.2, 0.25) is 0 Å². The van der Waals surface area contributed by atoms with Crippen LogP contribution >= 0.6 is 0 Å². The van der Waals surface area contributed by atoms with Crippen molar-refractivity contribution in [2.45, 2.75) is 20.3 Å². The zero-order valence-corrected chi connectivity index (χ0v) is 18.9. The number of rotatable bonds is 8. The molecule has 0 aliphatic carbocycles. The number of amides is 1. The minimum absolute atomic E-state index is 0.124. The summed E-state index contributed by atoms with van der Waals surface area (Å²) in [7, 11) is 4.62. The molecule has 166 valence electrons. The lowest BCUT2D eigenvalue weighted by molar-refractivity contribution is -0.115. The molecule has 0 aliphatic rings. The number of nitrogens with one attached hydrogen (secondary N) is 1. The van der Waals surface area contributed by atoms with Gasteiger partial charge >= 0.3 is 0 Å². The molecule has 3 rings (SSSR count). The Kier molecular flexibility index (Phi) is 7.44. The van der Waals surface area contributed by atoms with E-state index in [1.54, 1.807) is 26.4 Å². The van der Waals surface area contributed by atoms with Gasteiger partial charge < -0.3 is 19.5 Å². The number of hydrogen-bond donors (Lipinski definition) is 1. The second kappa shape index (κ2) is 10.4. The van der Waals surface area contributed by atoms with Gasteiger partial charge in [-0.2, -0.15) is 5.11 Å². The van der Waals surface area contributed by atoms with Crippen molar-refractivity contribution in [3.63, 3.8) is 0 Å². The number of methoxy groups -OCH3 is 3. The lowest BCUT2D eigenvalue weighted by Crippen LogP contribution is -2.14. The van der Waals surface area contributed by atoms with Gasteiger partial charge in [-0.25, -0.2) is 0 Å². The van der Waals surface area contributed by atoms with Crippen LogP contribution in [-0.4, -0.2) is 27.2 Å². The van der Waals surface area contributed by atoms with Crippen LogP contribution in [0.4, 0.5) is 17.1 Å². The minimum atomic E-state index is -0.199. The highest BCUT2D eigenvalue weighted by Crippen LogP contribution is 2.38. The molecule has 7 nitrogen and oxygen atoms in total. The van der Waals surface area contributed by atoms with E-state index in [9.17, 15) is 4.79 Å². The number of nitrogens with zero attached hydrogens (tertiary/aromatic N) is 2. The molecule has 1 amide bonds. The number of ether oxygens (including phenoxy) is 3. The molecule has 0 fully saturated rings. The Labute approximate surface area is 188 Å². The number of aryl methyl sites for hydroxylation is 2. The highest BCUT2D eigenvalue weighted by molar-refractivity contribution is 5.95. The highest BCUT2D eigenvalue weighted by atomic mass is 16.5. The van der Waals surface area contributed by atoms with Crippen LogP contribution < -0.4 is 19.5 Å². The summed E-state index contributed by atoms with van der Waals surface area (Å²) >= 11 is 0. The molecule has 0 unspecified atom stereocenters. The molecule has 1 N–H and O–H groups in total. The quantitative estimate of drug-likeness (QED) is 0.447. The van der Waals surface area contributed by atoms with Gasteiger partial charge in [0, 0.05) is 0 Å². The van der Waals surface area contributed by atoms with Gasteiger partial charge in [0.15, 0.2) is 11.5 Å². The van der Waals surface area contributed by atoms with Crippen molar-refractivity contribution >= 4 is 23.0 Å². The molecule has 0 aromatic heterocycles. The fraction of sp³-hybridized carbons (Fsp3) is 0.240. The Hall–Kier alpha value is -3.87. The van der Waals surface area contributed by atoms with Crippen LogP contribution in [0, 0.1) is 13.8 Å². The van der Waals surface area contributed by atoms with Crippen molar-refractivity contribution in [1.29, 1.82) is 0 Å². The second-order valence-corrected chi connectivity index (χ2v) is 7.31. The Morgan fingerprint density at radius 2 is 1.44 bits per heavy atom. The molecule has 0 spiro atoms. The lowest BCUT2D eigenvalue weighted by atomic mass is 10.1. The fourth-order valence-electron chi connectivity index (χ4n) is 3.17. The third-order valence-electron chi connectivity index (χ3n) is 4.82. The van der Waals surface area contributed by atoms with E-state index in [0.29, 0.717) is 28.6 Å². The van der Waals surface area contributed by atoms with Crippen molar-refractivity contribution in [3.05, 3.63) is 71.3 Å². The van der Waals surface area contributed by atoms with Crippen molar-refractivity contribution in [1.82, 2.24) is 0 Å². The number of anilines is 1. The van der Waals surface area contributed by atoms with E-state index in [1.165, 1.54) is 7.11 Å². The van der Waals surface area contributed by atoms with Crippen molar-refractivity contribution in [2.75, 3.05) is 26.6 Å². The predicted molar refractivity (Wildman–Crippen MR) is 125 cm³/mol. The summed E-state index contributed by atoms with van der Waals surface area (Å²) in [5, 5.41) is 11.6. The molecule has 3 aromatic rings. The van der Waals surface area contributed by atoms with Crippen LogP contribution in [0.3, 0.4) is 0 Å². The largest absolute Gasteiger partial charge is 0.493 e. The number of hydrogen-bond acceptors (Lipinski definition) is 6. The van der Waals surface area contributed by atoms with E-state index in [1.807, 2.05) is 56.3 Å². The molecule has 32 heavy (non-hydrogen) atoms. The zero-order chi connectivity index (χ0) is 23.1. The van der Waals surface area contributed by atoms with Gasteiger partial charge in [0.25, 0.3) is 0 Å². The van der Waals surface area contributed by atoms with Crippen molar-refractivity contribution < 1.29 is 19.0 Å². The number of carbonyl (C=O) groups excluding carboxylic acids is 1. The fourth-order valence-corrected chi connectivity index (χ4v) is 3.17. The smallest absolute Gasteiger partial charge is 0.228 e. The summed E-state index contributed by atoms with van der Waals surface area (Å²) in [6.07, 6.45) is 0.124. The first-order valence-electron chi connectivity index (χ1n) is 10.1. The molecule has 0 aliphatic heterocycles. The molecule has 0 bridgehead atoms. The van der Waals surface area contributed by atoms with E-state index in [2.05, 4.69) is 15.5 Å². The van der Waals surface area contributed by atoms with Gasteiger partial charge in [-0.3, -0.25) is 4.79 Å². The molecule has 0 saturated heterocycles. The SMILES string of the molecule is COc1cc(CC(=O)Nc2ccc(C)cc2N=Nc2ccc(C)cc2)cc(OC)c1OC. The topological polar surface area (TPSA) is 81.5 Å². The first kappa shape index (κ1) is 22.8. The molecule has 0 atom stereocenters. The number of carbonyl (C=O) groups is 1. The summed E-state index contributed by atoms with van der Waals surface area (Å²) in [6, 6.07) is 16.9. The molecule has 0 saturated carbocycles. The molecule has 3 aromatic carbocycles. The molecule has 7 heteroatoms. The van der Waals surface area contributed by atoms with Crippen LogP contribution in [0.1, 0.15) is 16.7 Å². The average Bonchev–Trinajstić information content (AvgIpc) is 2.79. The molecule has 0 radical (unpaired) electrons. The lowest BCUT2D eigenvalue weighted by Gasteiger charge is -2.14. The molecule has 0 heterocycles. The maximum atomic E-state index is 12.8. The first-order valence-corrected chi connectivity index (χ1v) is 10.1. The average molecular weight is 434 g/mol. The first-order chi connectivity index (χ1) is 15.4. The highest BCUT2D eigenvalue weighted by Gasteiger charge is 2.15. The second-order valence-electron chi connectivity index (χ2n) is 7.31. The van der Waals surface area contributed by atoms with Gasteiger partial charge in [0.05, 0.1) is 39.1 Å². The van der Waals surface area contributed by atoms with Crippen LogP contribution in [0.15, 0.2) is 64.8 Å². The standard InChI is InChI=1S/C25H27N3O4/c1-16-6-9-19(10-7-16)27-28-21-12-17(2)8-11-20(21)26-24(29)15-18-13-22(30-3)25(32-5)23(14-18)31-4/h6-14H,15H2,1-5H3,(H,26,29). The van der Waals surface area contributed by atoms with E-state index >= 15 is 0 Å². The van der Waals surface area contributed by atoms with Gasteiger partial charge in [-0.05, 0) is 61.4 Å². The molecular weight excluding hydrogens is 406 g/mol. The number of benzene rings is 3. The van der Waals surface area contributed by atoms with Crippen molar-refractivity contribution in [2.24, 2.45) is 10.2 Å². The van der Waals surface area contributed by atoms with Crippen LogP contribution in [-0.2, 0) is 11.2 Å². The van der Waals surface area contributed by atoms with Crippen LogP contribution in [0.5, 0.6) is 17.2 Å². The summed E-state index contributed by atoms with van der Waals surface area (Å²) in [6.45, 7) is 3.98. The monoisotopic (exact) mass is 433 g/mol. The van der Waals surface area contributed by atoms with Gasteiger partial charge in [-0.15, -0.1) is 5.11 Å². The van der Waals surface area contributed by atoms with E-state index < -0.39 is 0 Å². The third kappa shape index (κ3) is 5.63. The maximum absolute atomic E-state index is 12.8. The zero-order valence-electron chi connectivity index (χ0n) is 18.9. The number of azo groups is 1. The van der Waals surface area contributed by atoms with Gasteiger partial charge in [0.2, 0.25) is 11.7 Å². The maximum Gasteiger partial charge on any atom is 0.228 e. The van der Waals surface area contributed by atoms with Gasteiger partial charge in [0.1, 0.15) is 5.69 Å².